The van der Waals surface area contributed by atoms with E-state index in [0.29, 0.717) is 21.8 Å². The van der Waals surface area contributed by atoms with Crippen molar-refractivity contribution in [2.24, 2.45) is 5.10 Å². The molecule has 0 amide bonds. The molecule has 1 aliphatic heterocycles. The van der Waals surface area contributed by atoms with Crippen molar-refractivity contribution < 1.29 is 10.2 Å². The van der Waals surface area contributed by atoms with Gasteiger partial charge in [0.05, 0.1) is 5.71 Å². The Kier molecular flexibility index (Phi) is 3.66. The highest BCUT2D eigenvalue weighted by Crippen LogP contribution is 2.31. The van der Waals surface area contributed by atoms with E-state index >= 15 is 0 Å². The van der Waals surface area contributed by atoms with E-state index in [0.717, 1.165) is 16.8 Å². The minimum atomic E-state index is -0.173. The first-order valence-corrected chi connectivity index (χ1v) is 8.42. The van der Waals surface area contributed by atoms with Gasteiger partial charge in [0.15, 0.2) is 17.3 Å². The number of benzene rings is 2. The summed E-state index contributed by atoms with van der Waals surface area (Å²) in [4.78, 5) is 0. The smallest absolute Gasteiger partial charge is 0.212 e. The fourth-order valence-electron chi connectivity index (χ4n) is 2.35. The van der Waals surface area contributed by atoms with Gasteiger partial charge in [0.1, 0.15) is 0 Å². The molecule has 2 heterocycles. The van der Waals surface area contributed by atoms with Gasteiger partial charge in [0, 0.05) is 21.9 Å². The van der Waals surface area contributed by atoms with E-state index in [1.807, 2.05) is 12.1 Å². The van der Waals surface area contributed by atoms with Crippen LogP contribution in [0.1, 0.15) is 5.56 Å². The fourth-order valence-corrected chi connectivity index (χ4v) is 3.32. The van der Waals surface area contributed by atoms with Gasteiger partial charge in [-0.15, -0.1) is 10.2 Å². The summed E-state index contributed by atoms with van der Waals surface area (Å²) in [5.74, 6) is 0.889. The van der Waals surface area contributed by atoms with Crippen molar-refractivity contribution in [2.75, 3.05) is 5.75 Å². The molecule has 0 spiro atoms. The Labute approximate surface area is 146 Å². The van der Waals surface area contributed by atoms with Gasteiger partial charge < -0.3 is 10.2 Å². The summed E-state index contributed by atoms with van der Waals surface area (Å²) in [5, 5.41) is 33.5. The highest BCUT2D eigenvalue weighted by Gasteiger charge is 2.21. The van der Waals surface area contributed by atoms with Gasteiger partial charge in [-0.05, 0) is 42.5 Å². The monoisotopic (exact) mass is 358 g/mol. The Morgan fingerprint density at radius 3 is 2.46 bits per heavy atom. The molecule has 0 unspecified atom stereocenters. The number of fused-ring (bicyclic) bond motifs is 1. The molecule has 4 rings (SSSR count). The SMILES string of the molecule is Oc1ccc(C2=Nn3c(nnc3-c3ccc(Cl)cc3)SC2)cc1O. The number of phenols is 2. The van der Waals surface area contributed by atoms with Crippen LogP contribution in [-0.2, 0) is 0 Å². The van der Waals surface area contributed by atoms with Gasteiger partial charge in [-0.1, -0.05) is 23.4 Å². The van der Waals surface area contributed by atoms with E-state index in [1.54, 1.807) is 22.9 Å². The number of aromatic hydroxyl groups is 2. The molecule has 0 aliphatic carbocycles. The highest BCUT2D eigenvalue weighted by atomic mass is 35.5. The molecule has 0 bridgehead atoms. The topological polar surface area (TPSA) is 83.5 Å². The minimum absolute atomic E-state index is 0.158. The fraction of sp³-hybridized carbons (Fsp3) is 0.0625. The van der Waals surface area contributed by atoms with E-state index in [-0.39, 0.29) is 11.5 Å². The lowest BCUT2D eigenvalue weighted by Crippen LogP contribution is -2.13. The number of nitrogens with zero attached hydrogens (tertiary/aromatic N) is 4. The predicted octanol–water partition coefficient (Wildman–Crippen LogP) is 3.37. The minimum Gasteiger partial charge on any atom is -0.504 e. The molecule has 0 saturated heterocycles. The van der Waals surface area contributed by atoms with E-state index in [1.165, 1.54) is 23.9 Å². The third-order valence-electron chi connectivity index (χ3n) is 3.58. The molecule has 2 aromatic carbocycles. The molecule has 6 nitrogen and oxygen atoms in total. The second kappa shape index (κ2) is 5.85. The van der Waals surface area contributed by atoms with Crippen molar-refractivity contribution in [3.63, 3.8) is 0 Å². The maximum absolute atomic E-state index is 9.69. The van der Waals surface area contributed by atoms with Crippen LogP contribution in [0.15, 0.2) is 52.7 Å². The maximum atomic E-state index is 9.69. The first kappa shape index (κ1) is 15.0. The lowest BCUT2D eigenvalue weighted by Gasteiger charge is -2.14. The molecule has 120 valence electrons. The first-order chi connectivity index (χ1) is 11.6. The molecule has 0 fully saturated rings. The normalized spacial score (nSPS) is 13.5. The summed E-state index contributed by atoms with van der Waals surface area (Å²) in [5.41, 5.74) is 2.36. The van der Waals surface area contributed by atoms with Crippen molar-refractivity contribution in [1.29, 1.82) is 0 Å². The Hall–Kier alpha value is -2.51. The summed E-state index contributed by atoms with van der Waals surface area (Å²) in [6.45, 7) is 0. The second-order valence-electron chi connectivity index (χ2n) is 5.16. The number of rotatable bonds is 2. The molecular weight excluding hydrogens is 348 g/mol. The van der Waals surface area contributed by atoms with Gasteiger partial charge in [0.25, 0.3) is 0 Å². The van der Waals surface area contributed by atoms with Crippen LogP contribution in [0.5, 0.6) is 11.5 Å². The molecule has 1 aromatic heterocycles. The van der Waals surface area contributed by atoms with Crippen molar-refractivity contribution in [3.8, 4) is 22.9 Å². The van der Waals surface area contributed by atoms with E-state index < -0.39 is 0 Å². The van der Waals surface area contributed by atoms with Crippen LogP contribution in [0.4, 0.5) is 0 Å². The van der Waals surface area contributed by atoms with Gasteiger partial charge in [-0.2, -0.15) is 9.78 Å². The molecule has 8 heteroatoms. The Balaban J connectivity index is 1.78. The van der Waals surface area contributed by atoms with E-state index in [2.05, 4.69) is 15.3 Å². The van der Waals surface area contributed by atoms with Gasteiger partial charge in [0.2, 0.25) is 5.16 Å². The number of hydrogen-bond acceptors (Lipinski definition) is 6. The maximum Gasteiger partial charge on any atom is 0.212 e. The van der Waals surface area contributed by atoms with Crippen LogP contribution in [0.3, 0.4) is 0 Å². The summed E-state index contributed by atoms with van der Waals surface area (Å²) in [6, 6.07) is 12.0. The standard InChI is InChI=1S/C16H11ClN4O2S/c17-11-4-1-9(2-5-11)15-18-19-16-21(15)20-12(8-24-16)10-3-6-13(22)14(23)7-10/h1-7,22-23H,8H2. The summed E-state index contributed by atoms with van der Waals surface area (Å²) in [6.07, 6.45) is 0. The van der Waals surface area contributed by atoms with Crippen LogP contribution in [0.25, 0.3) is 11.4 Å². The van der Waals surface area contributed by atoms with Gasteiger partial charge in [-0.25, -0.2) is 0 Å². The lowest BCUT2D eigenvalue weighted by molar-refractivity contribution is 0.403. The average Bonchev–Trinajstić information content (AvgIpc) is 3.01. The molecule has 1 aliphatic rings. The third kappa shape index (κ3) is 2.61. The first-order valence-electron chi connectivity index (χ1n) is 7.06. The third-order valence-corrected chi connectivity index (χ3v) is 4.76. The van der Waals surface area contributed by atoms with Crippen LogP contribution in [-0.4, -0.2) is 36.6 Å². The lowest BCUT2D eigenvalue weighted by atomic mass is 10.1. The Morgan fingerprint density at radius 2 is 1.71 bits per heavy atom. The number of hydrogen-bond donors (Lipinski definition) is 2. The van der Waals surface area contributed by atoms with Crippen LogP contribution in [0, 0.1) is 0 Å². The van der Waals surface area contributed by atoms with Crippen molar-refractivity contribution in [2.45, 2.75) is 5.16 Å². The Morgan fingerprint density at radius 1 is 0.958 bits per heavy atom. The molecule has 3 aromatic rings. The van der Waals surface area contributed by atoms with Crippen LogP contribution >= 0.6 is 23.4 Å². The zero-order valence-corrected chi connectivity index (χ0v) is 13.8. The summed E-state index contributed by atoms with van der Waals surface area (Å²) >= 11 is 7.44. The van der Waals surface area contributed by atoms with Gasteiger partial charge >= 0.3 is 0 Å². The Bertz CT molecular complexity index is 953. The largest absolute Gasteiger partial charge is 0.504 e. The molecular formula is C16H11ClN4O2S. The summed E-state index contributed by atoms with van der Waals surface area (Å²) in [7, 11) is 0. The van der Waals surface area contributed by atoms with Crippen molar-refractivity contribution in [1.82, 2.24) is 14.9 Å². The summed E-state index contributed by atoms with van der Waals surface area (Å²) < 4.78 is 1.68. The molecule has 24 heavy (non-hydrogen) atoms. The van der Waals surface area contributed by atoms with E-state index in [9.17, 15) is 10.2 Å². The van der Waals surface area contributed by atoms with E-state index in [4.69, 9.17) is 11.6 Å². The molecule has 2 N–H and O–H groups in total. The van der Waals surface area contributed by atoms with Crippen molar-refractivity contribution in [3.05, 3.63) is 53.1 Å². The number of halogens is 1. The molecule has 0 radical (unpaired) electrons. The zero-order valence-electron chi connectivity index (χ0n) is 12.2. The number of thioether (sulfide) groups is 1. The highest BCUT2D eigenvalue weighted by molar-refractivity contribution is 7.99. The van der Waals surface area contributed by atoms with Gasteiger partial charge in [-0.3, -0.25) is 0 Å². The average molecular weight is 359 g/mol. The van der Waals surface area contributed by atoms with Crippen LogP contribution in [0.2, 0.25) is 5.02 Å². The number of aromatic nitrogens is 3. The van der Waals surface area contributed by atoms with Crippen molar-refractivity contribution >= 4 is 29.1 Å². The predicted molar refractivity (Wildman–Crippen MR) is 92.9 cm³/mol. The quantitative estimate of drug-likeness (QED) is 0.686. The molecule has 0 atom stereocenters. The molecule has 0 saturated carbocycles. The zero-order chi connectivity index (χ0) is 16.7. The second-order valence-corrected chi connectivity index (χ2v) is 6.54. The number of phenolic OH excluding ortho intramolecular Hbond substituents is 2. The van der Waals surface area contributed by atoms with Crippen LogP contribution < -0.4 is 0 Å².